The van der Waals surface area contributed by atoms with E-state index in [1.807, 2.05) is 96.4 Å². The number of aromatic nitrogens is 1. The van der Waals surface area contributed by atoms with E-state index in [0.29, 0.717) is 27.8 Å². The summed E-state index contributed by atoms with van der Waals surface area (Å²) in [5, 5.41) is 10.4. The molecule has 6 aromatic rings. The fraction of sp³-hybridized carbons (Fsp3) is 0.0500. The fourth-order valence-corrected chi connectivity index (χ4v) is 7.09. The number of carbonyl (C=O) groups excluding carboxylic acids is 3. The Hall–Kier alpha value is -5.49. The number of rotatable bonds is 12. The first-order valence-electron chi connectivity index (χ1n) is 15.7. The highest BCUT2D eigenvalue weighted by molar-refractivity contribution is 9.10. The number of nitrogens with zero attached hydrogens (tertiary/aromatic N) is 1. The third-order valence-corrected chi connectivity index (χ3v) is 10.0. The summed E-state index contributed by atoms with van der Waals surface area (Å²) in [7, 11) is 1.61. The van der Waals surface area contributed by atoms with Gasteiger partial charge in [0.1, 0.15) is 16.7 Å². The van der Waals surface area contributed by atoms with Gasteiger partial charge in [0.15, 0.2) is 5.13 Å². The van der Waals surface area contributed by atoms with Gasteiger partial charge in [-0.3, -0.25) is 14.4 Å². The summed E-state index contributed by atoms with van der Waals surface area (Å²) in [6.07, 6.45) is 1.62. The first-order chi connectivity index (χ1) is 24.9. The number of methoxy groups -OCH3 is 1. The van der Waals surface area contributed by atoms with Crippen LogP contribution in [-0.2, 0) is 9.59 Å². The predicted molar refractivity (Wildman–Crippen MR) is 209 cm³/mol. The lowest BCUT2D eigenvalue weighted by atomic mass is 10.1. The Kier molecular flexibility index (Phi) is 11.7. The largest absolute Gasteiger partial charge is 0.496 e. The topological polar surface area (TPSA) is 109 Å². The molecule has 3 amide bonds. The van der Waals surface area contributed by atoms with Crippen molar-refractivity contribution in [1.29, 1.82) is 0 Å². The second kappa shape index (κ2) is 16.9. The Morgan fingerprint density at radius 3 is 2.27 bits per heavy atom. The summed E-state index contributed by atoms with van der Waals surface area (Å²) >= 11 is 6.11. The lowest BCUT2D eigenvalue weighted by Crippen LogP contribution is -2.30. The first-order valence-corrected chi connectivity index (χ1v) is 18.3. The van der Waals surface area contributed by atoms with Crippen molar-refractivity contribution in [3.63, 3.8) is 0 Å². The van der Waals surface area contributed by atoms with Crippen LogP contribution in [0.15, 0.2) is 154 Å². The maximum absolute atomic E-state index is 13.8. The molecule has 254 valence electrons. The second-order valence-electron chi connectivity index (χ2n) is 11.0. The highest BCUT2D eigenvalue weighted by Gasteiger charge is 2.24. The first kappa shape index (κ1) is 35.3. The molecule has 51 heavy (non-hydrogen) atoms. The van der Waals surface area contributed by atoms with Gasteiger partial charge in [0.25, 0.3) is 11.8 Å². The number of para-hydroxylation sites is 1. The molecule has 1 atom stereocenters. The van der Waals surface area contributed by atoms with Crippen molar-refractivity contribution in [2.24, 2.45) is 0 Å². The number of anilines is 2. The lowest BCUT2D eigenvalue weighted by Gasteiger charge is -2.17. The van der Waals surface area contributed by atoms with Crippen molar-refractivity contribution in [1.82, 2.24) is 10.3 Å². The zero-order valence-electron chi connectivity index (χ0n) is 27.2. The molecule has 8 nitrogen and oxygen atoms in total. The molecular formula is C40H31BrN4O4S2. The average molecular weight is 776 g/mol. The number of carbonyl (C=O) groups is 3. The fourth-order valence-electron chi connectivity index (χ4n) is 5.03. The maximum atomic E-state index is 13.8. The molecule has 1 unspecified atom stereocenters. The Morgan fingerprint density at radius 1 is 0.824 bits per heavy atom. The van der Waals surface area contributed by atoms with Crippen LogP contribution in [0.25, 0.3) is 17.3 Å². The van der Waals surface area contributed by atoms with Gasteiger partial charge < -0.3 is 20.7 Å². The summed E-state index contributed by atoms with van der Waals surface area (Å²) in [6, 6.07) is 40.4. The minimum Gasteiger partial charge on any atom is -0.496 e. The van der Waals surface area contributed by atoms with E-state index in [4.69, 9.17) is 4.74 Å². The van der Waals surface area contributed by atoms with Crippen LogP contribution in [0.5, 0.6) is 5.75 Å². The minimum absolute atomic E-state index is 0.0710. The zero-order chi connectivity index (χ0) is 35.6. The van der Waals surface area contributed by atoms with E-state index < -0.39 is 17.1 Å². The van der Waals surface area contributed by atoms with Gasteiger partial charge in [-0.25, -0.2) is 4.98 Å². The van der Waals surface area contributed by atoms with E-state index in [0.717, 1.165) is 26.1 Å². The minimum atomic E-state index is -0.631. The number of ether oxygens (including phenoxy) is 1. The maximum Gasteiger partial charge on any atom is 0.272 e. The number of nitrogens with one attached hydrogen (secondary N) is 3. The van der Waals surface area contributed by atoms with Crippen LogP contribution >= 0.6 is 39.0 Å². The second-order valence-corrected chi connectivity index (χ2v) is 14.0. The number of hydrogen-bond acceptors (Lipinski definition) is 7. The van der Waals surface area contributed by atoms with Crippen LogP contribution in [0, 0.1) is 0 Å². The summed E-state index contributed by atoms with van der Waals surface area (Å²) in [5.74, 6) is -0.466. The highest BCUT2D eigenvalue weighted by Crippen LogP contribution is 2.38. The smallest absolute Gasteiger partial charge is 0.272 e. The van der Waals surface area contributed by atoms with E-state index in [1.54, 1.807) is 55.7 Å². The summed E-state index contributed by atoms with van der Waals surface area (Å²) in [4.78, 5) is 46.0. The number of hydrogen-bond donors (Lipinski definition) is 3. The third-order valence-electron chi connectivity index (χ3n) is 7.51. The Bertz CT molecular complexity index is 2170. The van der Waals surface area contributed by atoms with E-state index in [2.05, 4.69) is 36.9 Å². The monoisotopic (exact) mass is 774 g/mol. The molecule has 3 N–H and O–H groups in total. The van der Waals surface area contributed by atoms with Gasteiger partial charge in [-0.2, -0.15) is 0 Å². The number of amides is 3. The van der Waals surface area contributed by atoms with Gasteiger partial charge >= 0.3 is 0 Å². The highest BCUT2D eigenvalue weighted by atomic mass is 79.9. The number of thioether (sulfide) groups is 1. The quantitative estimate of drug-likeness (QED) is 0.0845. The normalized spacial score (nSPS) is 11.7. The molecule has 0 fully saturated rings. The van der Waals surface area contributed by atoms with Crippen LogP contribution in [0.4, 0.5) is 10.8 Å². The van der Waals surface area contributed by atoms with E-state index in [-0.39, 0.29) is 11.6 Å². The van der Waals surface area contributed by atoms with Crippen LogP contribution in [0.2, 0.25) is 0 Å². The molecule has 0 aliphatic carbocycles. The van der Waals surface area contributed by atoms with Gasteiger partial charge in [-0.1, -0.05) is 94.8 Å². The molecular weight excluding hydrogens is 745 g/mol. The summed E-state index contributed by atoms with van der Waals surface area (Å²) in [5.41, 5.74) is 4.06. The third kappa shape index (κ3) is 9.40. The molecule has 0 saturated heterocycles. The number of benzene rings is 5. The SMILES string of the molecule is COc1ccccc1-c1csc(NC(=O)C(Sc2cccc(NC(=O)/C(=C/c3ccc(Br)cc3)NC(=O)c3ccccc3)c2)c2ccccc2)n1. The molecule has 0 aliphatic heterocycles. The van der Waals surface area contributed by atoms with Crippen LogP contribution in [0.3, 0.4) is 0 Å². The lowest BCUT2D eigenvalue weighted by molar-refractivity contribution is -0.116. The van der Waals surface area contributed by atoms with Gasteiger partial charge in [-0.15, -0.1) is 23.1 Å². The molecule has 1 aromatic heterocycles. The summed E-state index contributed by atoms with van der Waals surface area (Å²) < 4.78 is 6.38. The van der Waals surface area contributed by atoms with E-state index in [1.165, 1.54) is 23.1 Å². The van der Waals surface area contributed by atoms with E-state index >= 15 is 0 Å². The van der Waals surface area contributed by atoms with Crippen molar-refractivity contribution in [3.05, 3.63) is 166 Å². The number of halogens is 1. The average Bonchev–Trinajstić information content (AvgIpc) is 3.63. The molecule has 6 rings (SSSR count). The van der Waals surface area contributed by atoms with Crippen molar-refractivity contribution in [3.8, 4) is 17.0 Å². The predicted octanol–water partition coefficient (Wildman–Crippen LogP) is 9.46. The molecule has 0 radical (unpaired) electrons. The van der Waals surface area contributed by atoms with E-state index in [9.17, 15) is 14.4 Å². The van der Waals surface area contributed by atoms with Crippen LogP contribution in [0.1, 0.15) is 26.7 Å². The van der Waals surface area contributed by atoms with Crippen LogP contribution in [-0.4, -0.2) is 29.8 Å². The summed E-state index contributed by atoms with van der Waals surface area (Å²) in [6.45, 7) is 0. The van der Waals surface area contributed by atoms with Gasteiger partial charge in [0, 0.05) is 31.6 Å². The van der Waals surface area contributed by atoms with Crippen molar-refractivity contribution >= 4 is 73.6 Å². The zero-order valence-corrected chi connectivity index (χ0v) is 30.4. The molecule has 0 aliphatic rings. The van der Waals surface area contributed by atoms with Gasteiger partial charge in [0.05, 0.1) is 12.8 Å². The molecule has 5 aromatic carbocycles. The molecule has 11 heteroatoms. The van der Waals surface area contributed by atoms with Crippen molar-refractivity contribution < 1.29 is 19.1 Å². The van der Waals surface area contributed by atoms with Crippen molar-refractivity contribution in [2.45, 2.75) is 10.1 Å². The molecule has 0 saturated carbocycles. The number of thiazole rings is 1. The Morgan fingerprint density at radius 2 is 1.53 bits per heavy atom. The van der Waals surface area contributed by atoms with Gasteiger partial charge in [0.2, 0.25) is 5.91 Å². The molecule has 0 spiro atoms. The van der Waals surface area contributed by atoms with Crippen molar-refractivity contribution in [2.75, 3.05) is 17.7 Å². The molecule has 1 heterocycles. The van der Waals surface area contributed by atoms with Gasteiger partial charge in [-0.05, 0) is 71.8 Å². The Balaban J connectivity index is 1.21. The standard InChI is InChI=1S/C40H31BrN4O4S2/c1-49-35-18-9-8-17-32(35)34-25-50-40(44-34)45-39(48)36(27-11-4-2-5-12-27)51-31-16-10-15-30(24-31)42-38(47)33(23-26-19-21-29(41)22-20-26)43-37(46)28-13-6-3-7-14-28/h2-25,36H,1H3,(H,42,47)(H,43,46)(H,44,45,48)/b33-23-. The Labute approximate surface area is 312 Å². The molecule has 0 bridgehead atoms. The van der Waals surface area contributed by atoms with Crippen LogP contribution < -0.4 is 20.7 Å².